The fourth-order valence-corrected chi connectivity index (χ4v) is 2.27. The smallest absolute Gasteiger partial charge is 0.338 e. The average Bonchev–Trinajstić information content (AvgIpc) is 2.80. The lowest BCUT2D eigenvalue weighted by Gasteiger charge is -2.30. The van der Waals surface area contributed by atoms with Crippen molar-refractivity contribution in [2.45, 2.75) is 26.3 Å². The molecular formula is C13H17NO4. The van der Waals surface area contributed by atoms with E-state index in [1.807, 2.05) is 6.92 Å². The molecule has 0 radical (unpaired) electrons. The van der Waals surface area contributed by atoms with E-state index >= 15 is 0 Å². The molecule has 1 aliphatic rings. The summed E-state index contributed by atoms with van der Waals surface area (Å²) in [5, 5.41) is 8.80. The van der Waals surface area contributed by atoms with Crippen LogP contribution >= 0.6 is 0 Å². The van der Waals surface area contributed by atoms with E-state index in [2.05, 4.69) is 4.90 Å². The van der Waals surface area contributed by atoms with Gasteiger partial charge in [0.1, 0.15) is 17.8 Å². The highest BCUT2D eigenvalue weighted by molar-refractivity contribution is 5.87. The van der Waals surface area contributed by atoms with E-state index in [1.165, 1.54) is 6.26 Å². The number of carboxylic acid groups (broad SMARTS) is 1. The molecule has 2 rings (SSSR count). The molecule has 1 aromatic heterocycles. The van der Waals surface area contributed by atoms with E-state index in [0.717, 1.165) is 19.5 Å². The van der Waals surface area contributed by atoms with E-state index in [-0.39, 0.29) is 11.5 Å². The molecule has 0 aliphatic carbocycles. The molecule has 0 saturated carbocycles. The molecule has 0 aromatic carbocycles. The molecule has 18 heavy (non-hydrogen) atoms. The highest BCUT2D eigenvalue weighted by atomic mass is 16.4. The number of ketones is 1. The van der Waals surface area contributed by atoms with Gasteiger partial charge in [-0.05, 0) is 12.5 Å². The van der Waals surface area contributed by atoms with Crippen LogP contribution in [0.2, 0.25) is 0 Å². The van der Waals surface area contributed by atoms with Crippen LogP contribution in [-0.4, -0.2) is 34.8 Å². The van der Waals surface area contributed by atoms with Crippen molar-refractivity contribution in [3.63, 3.8) is 0 Å². The third-order valence-electron chi connectivity index (χ3n) is 3.38. The number of furan rings is 1. The first kappa shape index (κ1) is 12.8. The van der Waals surface area contributed by atoms with Gasteiger partial charge in [-0.2, -0.15) is 0 Å². The number of likely N-dealkylation sites (tertiary alicyclic amines) is 1. The molecule has 1 saturated heterocycles. The fourth-order valence-electron chi connectivity index (χ4n) is 2.27. The van der Waals surface area contributed by atoms with Gasteiger partial charge in [-0.3, -0.25) is 9.69 Å². The van der Waals surface area contributed by atoms with Gasteiger partial charge in [0.25, 0.3) is 0 Å². The minimum atomic E-state index is -0.981. The lowest BCUT2D eigenvalue weighted by molar-refractivity contribution is -0.126. The van der Waals surface area contributed by atoms with Gasteiger partial charge in [-0.15, -0.1) is 0 Å². The molecule has 1 unspecified atom stereocenters. The standard InChI is InChI=1S/C13H17NO4/c1-2-9-6-14(4-3-12(9)15)7-11-5-10(8-18-11)13(16)17/h5,8-9H,2-4,6-7H2,1H3,(H,16,17). The molecule has 1 aliphatic heterocycles. The SMILES string of the molecule is CCC1CN(Cc2cc(C(=O)O)co2)CCC1=O. The van der Waals surface area contributed by atoms with E-state index < -0.39 is 5.97 Å². The summed E-state index contributed by atoms with van der Waals surface area (Å²) in [6, 6.07) is 1.54. The zero-order valence-electron chi connectivity index (χ0n) is 10.4. The van der Waals surface area contributed by atoms with Crippen molar-refractivity contribution >= 4 is 11.8 Å². The van der Waals surface area contributed by atoms with Gasteiger partial charge in [-0.1, -0.05) is 6.92 Å². The topological polar surface area (TPSA) is 70.8 Å². The molecule has 0 spiro atoms. The van der Waals surface area contributed by atoms with E-state index in [9.17, 15) is 9.59 Å². The monoisotopic (exact) mass is 251 g/mol. The number of aromatic carboxylic acids is 1. The Balaban J connectivity index is 1.96. The number of carbonyl (C=O) groups excluding carboxylic acids is 1. The molecule has 0 amide bonds. The van der Waals surface area contributed by atoms with Gasteiger partial charge in [0.15, 0.2) is 0 Å². The molecule has 5 nitrogen and oxygen atoms in total. The van der Waals surface area contributed by atoms with Crippen LogP contribution in [-0.2, 0) is 11.3 Å². The fraction of sp³-hybridized carbons (Fsp3) is 0.538. The molecule has 5 heteroatoms. The Morgan fingerprint density at radius 2 is 2.39 bits per heavy atom. The van der Waals surface area contributed by atoms with E-state index in [1.54, 1.807) is 6.07 Å². The van der Waals surface area contributed by atoms with Crippen molar-refractivity contribution in [3.8, 4) is 0 Å². The molecule has 1 N–H and O–H groups in total. The van der Waals surface area contributed by atoms with Crippen molar-refractivity contribution in [2.75, 3.05) is 13.1 Å². The Bertz CT molecular complexity index is 452. The number of carbonyl (C=O) groups is 2. The quantitative estimate of drug-likeness (QED) is 0.883. The second-order valence-corrected chi connectivity index (χ2v) is 4.66. The van der Waals surface area contributed by atoms with Crippen LogP contribution < -0.4 is 0 Å². The zero-order valence-corrected chi connectivity index (χ0v) is 10.4. The number of Topliss-reactive ketones (excluding diaryl/α,β-unsaturated/α-hetero) is 1. The molecule has 1 aromatic rings. The Kier molecular flexibility index (Phi) is 3.81. The van der Waals surface area contributed by atoms with Gasteiger partial charge >= 0.3 is 5.97 Å². The lowest BCUT2D eigenvalue weighted by atomic mass is 9.94. The van der Waals surface area contributed by atoms with Crippen LogP contribution in [0.15, 0.2) is 16.7 Å². The Labute approximate surface area is 105 Å². The van der Waals surface area contributed by atoms with Gasteiger partial charge < -0.3 is 9.52 Å². The summed E-state index contributed by atoms with van der Waals surface area (Å²) < 4.78 is 5.22. The number of piperidine rings is 1. The molecule has 2 heterocycles. The van der Waals surface area contributed by atoms with Crippen molar-refractivity contribution in [1.82, 2.24) is 4.90 Å². The van der Waals surface area contributed by atoms with Gasteiger partial charge in [0.2, 0.25) is 0 Å². The molecule has 0 bridgehead atoms. The van der Waals surface area contributed by atoms with Gasteiger partial charge in [0.05, 0.1) is 12.1 Å². The number of rotatable bonds is 4. The molecule has 1 atom stereocenters. The van der Waals surface area contributed by atoms with Crippen LogP contribution in [0.5, 0.6) is 0 Å². The van der Waals surface area contributed by atoms with Gasteiger partial charge in [-0.25, -0.2) is 4.79 Å². The normalized spacial score (nSPS) is 21.2. The minimum absolute atomic E-state index is 0.104. The van der Waals surface area contributed by atoms with Crippen LogP contribution in [0, 0.1) is 5.92 Å². The molecule has 1 fully saturated rings. The summed E-state index contributed by atoms with van der Waals surface area (Å²) in [4.78, 5) is 24.5. The van der Waals surface area contributed by atoms with E-state index in [0.29, 0.717) is 24.5 Å². The second kappa shape index (κ2) is 5.35. The first-order valence-electron chi connectivity index (χ1n) is 6.16. The third-order valence-corrected chi connectivity index (χ3v) is 3.38. The van der Waals surface area contributed by atoms with Crippen molar-refractivity contribution in [2.24, 2.45) is 5.92 Å². The predicted octanol–water partition coefficient (Wildman–Crippen LogP) is 1.78. The second-order valence-electron chi connectivity index (χ2n) is 4.66. The summed E-state index contributed by atoms with van der Waals surface area (Å²) in [6.07, 6.45) is 2.68. The summed E-state index contributed by atoms with van der Waals surface area (Å²) >= 11 is 0. The zero-order chi connectivity index (χ0) is 13.1. The predicted molar refractivity (Wildman–Crippen MR) is 64.3 cm³/mol. The Morgan fingerprint density at radius 1 is 1.61 bits per heavy atom. The Morgan fingerprint density at radius 3 is 3.00 bits per heavy atom. The summed E-state index contributed by atoms with van der Waals surface area (Å²) in [7, 11) is 0. The minimum Gasteiger partial charge on any atom is -0.478 e. The lowest BCUT2D eigenvalue weighted by Crippen LogP contribution is -2.39. The van der Waals surface area contributed by atoms with Crippen LogP contribution in [0.4, 0.5) is 0 Å². The average molecular weight is 251 g/mol. The first-order valence-corrected chi connectivity index (χ1v) is 6.16. The van der Waals surface area contributed by atoms with Crippen molar-refractivity contribution in [3.05, 3.63) is 23.7 Å². The maximum absolute atomic E-state index is 11.6. The Hall–Kier alpha value is -1.62. The highest BCUT2D eigenvalue weighted by Gasteiger charge is 2.26. The van der Waals surface area contributed by atoms with Crippen molar-refractivity contribution < 1.29 is 19.1 Å². The maximum atomic E-state index is 11.6. The van der Waals surface area contributed by atoms with Crippen LogP contribution in [0.3, 0.4) is 0 Å². The highest BCUT2D eigenvalue weighted by Crippen LogP contribution is 2.19. The number of nitrogens with zero attached hydrogens (tertiary/aromatic N) is 1. The summed E-state index contributed by atoms with van der Waals surface area (Å²) in [5.74, 6) is 0.0916. The van der Waals surface area contributed by atoms with Crippen LogP contribution in [0.25, 0.3) is 0 Å². The van der Waals surface area contributed by atoms with Gasteiger partial charge in [0, 0.05) is 25.4 Å². The molecule has 98 valence electrons. The maximum Gasteiger partial charge on any atom is 0.338 e. The number of carboxylic acids is 1. The summed E-state index contributed by atoms with van der Waals surface area (Å²) in [6.45, 7) is 4.04. The third kappa shape index (κ3) is 2.79. The molecular weight excluding hydrogens is 234 g/mol. The van der Waals surface area contributed by atoms with E-state index in [4.69, 9.17) is 9.52 Å². The number of hydrogen-bond acceptors (Lipinski definition) is 4. The number of hydrogen-bond donors (Lipinski definition) is 1. The summed E-state index contributed by atoms with van der Waals surface area (Å²) in [5.41, 5.74) is 0.171. The largest absolute Gasteiger partial charge is 0.478 e. The first-order chi connectivity index (χ1) is 8.60. The van der Waals surface area contributed by atoms with Crippen molar-refractivity contribution in [1.29, 1.82) is 0 Å². The van der Waals surface area contributed by atoms with Crippen LogP contribution in [0.1, 0.15) is 35.9 Å².